The summed E-state index contributed by atoms with van der Waals surface area (Å²) in [6.07, 6.45) is 5.09. The van der Waals surface area contributed by atoms with Crippen LogP contribution < -0.4 is 4.90 Å². The fourth-order valence-electron chi connectivity index (χ4n) is 3.42. The maximum absolute atomic E-state index is 13.8. The van der Waals surface area contributed by atoms with E-state index in [-0.39, 0.29) is 5.82 Å². The van der Waals surface area contributed by atoms with Crippen LogP contribution in [-0.4, -0.2) is 24.8 Å². The molecular formula is C21H16FN6. The molecule has 0 fully saturated rings. The SMILES string of the molecule is Cc1[c]cn2ncnc(N(Cc3cccc(F)c3)c3ccc4[nH]ncc4c3)c12. The molecule has 0 aliphatic heterocycles. The van der Waals surface area contributed by atoms with E-state index in [1.807, 2.05) is 31.2 Å². The summed E-state index contributed by atoms with van der Waals surface area (Å²) in [5.41, 5.74) is 4.54. The number of benzene rings is 2. The molecule has 3 aromatic heterocycles. The van der Waals surface area contributed by atoms with Crippen molar-refractivity contribution < 1.29 is 4.39 Å². The largest absolute Gasteiger partial charge is 0.320 e. The number of anilines is 2. The maximum Gasteiger partial charge on any atom is 0.161 e. The van der Waals surface area contributed by atoms with E-state index in [2.05, 4.69) is 31.2 Å². The zero-order valence-electron chi connectivity index (χ0n) is 15.1. The molecule has 0 saturated carbocycles. The van der Waals surface area contributed by atoms with Gasteiger partial charge in [-0.2, -0.15) is 10.2 Å². The Hall–Kier alpha value is -3.74. The number of fused-ring (bicyclic) bond motifs is 2. The number of aromatic amines is 1. The summed E-state index contributed by atoms with van der Waals surface area (Å²) in [5, 5.41) is 12.3. The predicted molar refractivity (Wildman–Crippen MR) is 105 cm³/mol. The minimum atomic E-state index is -0.261. The first-order valence-corrected chi connectivity index (χ1v) is 8.85. The molecule has 0 saturated heterocycles. The molecule has 0 aliphatic carbocycles. The van der Waals surface area contributed by atoms with E-state index >= 15 is 0 Å². The van der Waals surface area contributed by atoms with E-state index < -0.39 is 0 Å². The molecule has 3 heterocycles. The molecule has 0 spiro atoms. The van der Waals surface area contributed by atoms with Gasteiger partial charge in [-0.25, -0.2) is 13.9 Å². The highest BCUT2D eigenvalue weighted by molar-refractivity contribution is 5.85. The zero-order valence-corrected chi connectivity index (χ0v) is 15.1. The fourth-order valence-corrected chi connectivity index (χ4v) is 3.42. The highest BCUT2D eigenvalue weighted by Crippen LogP contribution is 2.32. The van der Waals surface area contributed by atoms with Gasteiger partial charge in [0.1, 0.15) is 17.7 Å². The molecule has 2 aromatic carbocycles. The molecule has 1 radical (unpaired) electrons. The van der Waals surface area contributed by atoms with Crippen LogP contribution >= 0.6 is 0 Å². The predicted octanol–water partition coefficient (Wildman–Crippen LogP) is 4.19. The van der Waals surface area contributed by atoms with Crippen LogP contribution in [0.1, 0.15) is 11.1 Å². The normalized spacial score (nSPS) is 11.4. The van der Waals surface area contributed by atoms with Crippen LogP contribution in [0, 0.1) is 18.8 Å². The Balaban J connectivity index is 1.70. The van der Waals surface area contributed by atoms with Crippen LogP contribution in [0.25, 0.3) is 16.4 Å². The Morgan fingerprint density at radius 2 is 2.14 bits per heavy atom. The minimum Gasteiger partial charge on any atom is -0.320 e. The molecule has 6 nitrogen and oxygen atoms in total. The Morgan fingerprint density at radius 3 is 3.04 bits per heavy atom. The van der Waals surface area contributed by atoms with Crippen LogP contribution in [-0.2, 0) is 6.54 Å². The Kier molecular flexibility index (Phi) is 3.79. The number of hydrogen-bond acceptors (Lipinski definition) is 4. The summed E-state index contributed by atoms with van der Waals surface area (Å²) >= 11 is 0. The molecule has 137 valence electrons. The first kappa shape index (κ1) is 16.4. The number of nitrogens with zero attached hydrogens (tertiary/aromatic N) is 5. The van der Waals surface area contributed by atoms with Crippen molar-refractivity contribution in [1.29, 1.82) is 0 Å². The van der Waals surface area contributed by atoms with Crippen molar-refractivity contribution in [1.82, 2.24) is 24.8 Å². The number of nitrogens with one attached hydrogen (secondary N) is 1. The van der Waals surface area contributed by atoms with Crippen LogP contribution in [0.15, 0.2) is 61.2 Å². The molecule has 1 N–H and O–H groups in total. The van der Waals surface area contributed by atoms with E-state index in [0.29, 0.717) is 6.54 Å². The smallest absolute Gasteiger partial charge is 0.161 e. The molecule has 5 rings (SSSR count). The molecule has 5 aromatic rings. The van der Waals surface area contributed by atoms with Gasteiger partial charge in [0.15, 0.2) is 5.82 Å². The number of rotatable bonds is 4. The molecule has 0 unspecified atom stereocenters. The van der Waals surface area contributed by atoms with Crippen molar-refractivity contribution in [2.24, 2.45) is 0 Å². The van der Waals surface area contributed by atoms with Gasteiger partial charge < -0.3 is 4.90 Å². The van der Waals surface area contributed by atoms with Gasteiger partial charge in [0.05, 0.1) is 11.7 Å². The third kappa shape index (κ3) is 2.77. The van der Waals surface area contributed by atoms with Crippen LogP contribution in [0.5, 0.6) is 0 Å². The first-order valence-electron chi connectivity index (χ1n) is 8.85. The van der Waals surface area contributed by atoms with Crippen molar-refractivity contribution in [3.63, 3.8) is 0 Å². The summed E-state index contributed by atoms with van der Waals surface area (Å²) in [6, 6.07) is 15.8. The lowest BCUT2D eigenvalue weighted by Gasteiger charge is -2.25. The van der Waals surface area contributed by atoms with Gasteiger partial charge in [0.2, 0.25) is 0 Å². The van der Waals surface area contributed by atoms with Crippen molar-refractivity contribution in [3.05, 3.63) is 84.2 Å². The zero-order chi connectivity index (χ0) is 19.1. The van der Waals surface area contributed by atoms with Gasteiger partial charge in [-0.3, -0.25) is 5.10 Å². The lowest BCUT2D eigenvalue weighted by molar-refractivity contribution is 0.625. The average Bonchev–Trinajstić information content (AvgIpc) is 3.32. The van der Waals surface area contributed by atoms with Crippen LogP contribution in [0.4, 0.5) is 15.9 Å². The quantitative estimate of drug-likeness (QED) is 0.515. The van der Waals surface area contributed by atoms with E-state index in [4.69, 9.17) is 0 Å². The molecule has 0 atom stereocenters. The van der Waals surface area contributed by atoms with E-state index in [9.17, 15) is 4.39 Å². The monoisotopic (exact) mass is 371 g/mol. The Labute approximate surface area is 160 Å². The molecule has 28 heavy (non-hydrogen) atoms. The highest BCUT2D eigenvalue weighted by Gasteiger charge is 2.18. The van der Waals surface area contributed by atoms with Gasteiger partial charge in [0.25, 0.3) is 0 Å². The maximum atomic E-state index is 13.8. The van der Waals surface area contributed by atoms with E-state index in [1.54, 1.807) is 29.0 Å². The van der Waals surface area contributed by atoms with Crippen LogP contribution in [0.2, 0.25) is 0 Å². The summed E-state index contributed by atoms with van der Waals surface area (Å²) in [7, 11) is 0. The second kappa shape index (κ2) is 6.45. The second-order valence-corrected chi connectivity index (χ2v) is 6.63. The van der Waals surface area contributed by atoms with Gasteiger partial charge in [-0.05, 0) is 48.4 Å². The van der Waals surface area contributed by atoms with Gasteiger partial charge >= 0.3 is 0 Å². The van der Waals surface area contributed by atoms with Crippen molar-refractivity contribution in [2.45, 2.75) is 13.5 Å². The standard InChI is InChI=1S/C21H16FN6/c1-14-7-8-28-20(14)21(23-13-25-28)27(12-15-3-2-4-17(22)9-15)18-5-6-19-16(10-18)11-24-26-19/h2-6,8-11,13H,12H2,1H3,(H,24,26). The van der Waals surface area contributed by atoms with Crippen molar-refractivity contribution >= 4 is 27.9 Å². The van der Waals surface area contributed by atoms with Gasteiger partial charge in [-0.1, -0.05) is 12.1 Å². The van der Waals surface area contributed by atoms with Gasteiger partial charge in [0, 0.05) is 29.9 Å². The minimum absolute atomic E-state index is 0.261. The summed E-state index contributed by atoms with van der Waals surface area (Å²) in [6.45, 7) is 2.43. The lowest BCUT2D eigenvalue weighted by atomic mass is 10.1. The third-order valence-corrected chi connectivity index (χ3v) is 4.78. The number of aromatic nitrogens is 5. The number of aryl methyl sites for hydroxylation is 1. The molecule has 7 heteroatoms. The van der Waals surface area contributed by atoms with Crippen molar-refractivity contribution in [3.8, 4) is 0 Å². The number of halogens is 1. The summed E-state index contributed by atoms with van der Waals surface area (Å²) < 4.78 is 15.5. The van der Waals surface area contributed by atoms with Gasteiger partial charge in [-0.15, -0.1) is 0 Å². The molecule has 0 bridgehead atoms. The molecule has 0 aliphatic rings. The lowest BCUT2D eigenvalue weighted by Crippen LogP contribution is -2.19. The first-order chi connectivity index (χ1) is 13.7. The fraction of sp³-hybridized carbons (Fsp3) is 0.0952. The Bertz CT molecular complexity index is 1290. The third-order valence-electron chi connectivity index (χ3n) is 4.78. The topological polar surface area (TPSA) is 62.1 Å². The van der Waals surface area contributed by atoms with Crippen LogP contribution in [0.3, 0.4) is 0 Å². The molecule has 0 amide bonds. The summed E-state index contributed by atoms with van der Waals surface area (Å²) in [4.78, 5) is 6.61. The highest BCUT2D eigenvalue weighted by atomic mass is 19.1. The Morgan fingerprint density at radius 1 is 1.21 bits per heavy atom. The molecular weight excluding hydrogens is 355 g/mol. The summed E-state index contributed by atoms with van der Waals surface area (Å²) in [5.74, 6) is 0.476. The number of H-pyrrole nitrogens is 1. The average molecular weight is 371 g/mol. The van der Waals surface area contributed by atoms with E-state index in [1.165, 1.54) is 12.4 Å². The van der Waals surface area contributed by atoms with Crippen molar-refractivity contribution in [2.75, 3.05) is 4.90 Å². The van der Waals surface area contributed by atoms with E-state index in [0.717, 1.165) is 39.1 Å². The second-order valence-electron chi connectivity index (χ2n) is 6.63. The number of hydrogen-bond donors (Lipinski definition) is 1.